The fraction of sp³-hybridized carbons (Fsp3) is 0.500. The molecule has 0 bridgehead atoms. The number of hydrogen-bond acceptors (Lipinski definition) is 3. The largest absolute Gasteiger partial charge is 0.323 e. The van der Waals surface area contributed by atoms with Crippen LogP contribution in [0.5, 0.6) is 0 Å². The zero-order valence-electron chi connectivity index (χ0n) is 9.00. The van der Waals surface area contributed by atoms with E-state index < -0.39 is 0 Å². The highest BCUT2D eigenvalue weighted by Gasteiger charge is 2.30. The third kappa shape index (κ3) is 1.44. The van der Waals surface area contributed by atoms with Crippen molar-refractivity contribution in [2.24, 2.45) is 13.0 Å². The average molecular weight is 207 g/mol. The van der Waals surface area contributed by atoms with E-state index in [4.69, 9.17) is 0 Å². The molecule has 5 heteroatoms. The molecule has 0 aliphatic carbocycles. The molecule has 0 saturated carbocycles. The molecule has 0 aromatic carbocycles. The summed E-state index contributed by atoms with van der Waals surface area (Å²) < 4.78 is 1.54. The maximum atomic E-state index is 12.0. The van der Waals surface area contributed by atoms with Gasteiger partial charge in [0.05, 0.1) is 11.4 Å². The van der Waals surface area contributed by atoms with E-state index in [1.165, 1.54) is 4.68 Å². The van der Waals surface area contributed by atoms with Gasteiger partial charge in [-0.15, -0.1) is 0 Å². The molecule has 1 atom stereocenters. The minimum atomic E-state index is -0.277. The van der Waals surface area contributed by atoms with Crippen molar-refractivity contribution in [3.8, 4) is 0 Å². The zero-order chi connectivity index (χ0) is 11.2. The van der Waals surface area contributed by atoms with E-state index in [9.17, 15) is 9.59 Å². The van der Waals surface area contributed by atoms with Crippen molar-refractivity contribution in [1.82, 2.24) is 9.78 Å². The Bertz CT molecular complexity index is 448. The number of fused-ring (bicyclic) bond motifs is 1. The summed E-state index contributed by atoms with van der Waals surface area (Å²) in [7, 11) is 1.72. The summed E-state index contributed by atoms with van der Waals surface area (Å²) in [6.07, 6.45) is 0.243. The van der Waals surface area contributed by atoms with Crippen LogP contribution in [0.4, 0.5) is 5.69 Å². The molecular formula is C10H13N3O2. The number of Topliss-reactive ketones (excluding diaryl/α,β-unsaturated/α-hetero) is 1. The zero-order valence-corrected chi connectivity index (χ0v) is 9.00. The first-order valence-corrected chi connectivity index (χ1v) is 4.88. The lowest BCUT2D eigenvalue weighted by Gasteiger charge is -2.04. The van der Waals surface area contributed by atoms with Gasteiger partial charge in [-0.1, -0.05) is 6.92 Å². The summed E-state index contributed by atoms with van der Waals surface area (Å²) in [5.74, 6) is -0.418. The van der Waals surface area contributed by atoms with Gasteiger partial charge < -0.3 is 5.32 Å². The van der Waals surface area contributed by atoms with Crippen molar-refractivity contribution in [3.63, 3.8) is 0 Å². The van der Waals surface area contributed by atoms with E-state index in [1.54, 1.807) is 20.9 Å². The highest BCUT2D eigenvalue weighted by atomic mass is 16.2. The van der Waals surface area contributed by atoms with Gasteiger partial charge in [0.2, 0.25) is 5.91 Å². The molecular weight excluding hydrogens is 194 g/mol. The summed E-state index contributed by atoms with van der Waals surface area (Å²) in [4.78, 5) is 23.4. The number of aryl methyl sites for hydroxylation is 2. The second kappa shape index (κ2) is 3.18. The Balaban J connectivity index is 2.61. The minimum absolute atomic E-state index is 0.0218. The van der Waals surface area contributed by atoms with Gasteiger partial charge in [-0.3, -0.25) is 14.3 Å². The van der Waals surface area contributed by atoms with Crippen LogP contribution < -0.4 is 5.32 Å². The van der Waals surface area contributed by atoms with Crippen LogP contribution in [-0.4, -0.2) is 21.5 Å². The molecule has 1 aromatic rings. The molecule has 0 fully saturated rings. The molecule has 0 saturated heterocycles. The molecule has 80 valence electrons. The number of amides is 1. The molecule has 1 amide bonds. The van der Waals surface area contributed by atoms with Crippen LogP contribution in [0.3, 0.4) is 0 Å². The Kier molecular flexibility index (Phi) is 2.10. The van der Waals surface area contributed by atoms with Gasteiger partial charge in [-0.2, -0.15) is 5.10 Å². The van der Waals surface area contributed by atoms with Crippen LogP contribution in [-0.2, 0) is 11.8 Å². The van der Waals surface area contributed by atoms with Crippen LogP contribution in [0.25, 0.3) is 0 Å². The maximum absolute atomic E-state index is 12.0. The average Bonchev–Trinajstić information content (AvgIpc) is 2.33. The first-order chi connectivity index (χ1) is 7.00. The van der Waals surface area contributed by atoms with Gasteiger partial charge in [0.1, 0.15) is 5.69 Å². The highest BCUT2D eigenvalue weighted by Crippen LogP contribution is 2.27. The van der Waals surface area contributed by atoms with E-state index in [1.807, 2.05) is 0 Å². The van der Waals surface area contributed by atoms with E-state index in [2.05, 4.69) is 10.4 Å². The number of rotatable bonds is 0. The molecule has 1 unspecified atom stereocenters. The Morgan fingerprint density at radius 1 is 1.47 bits per heavy atom. The Morgan fingerprint density at radius 2 is 2.13 bits per heavy atom. The third-order valence-electron chi connectivity index (χ3n) is 2.66. The molecule has 1 aliphatic heterocycles. The Hall–Kier alpha value is -1.65. The van der Waals surface area contributed by atoms with Crippen molar-refractivity contribution in [2.75, 3.05) is 5.32 Å². The molecule has 2 rings (SSSR count). The normalized spacial score (nSPS) is 20.9. The van der Waals surface area contributed by atoms with E-state index >= 15 is 0 Å². The molecule has 0 spiro atoms. The summed E-state index contributed by atoms with van der Waals surface area (Å²) in [5.41, 5.74) is 1.76. The van der Waals surface area contributed by atoms with Gasteiger partial charge in [-0.05, 0) is 6.92 Å². The van der Waals surface area contributed by atoms with E-state index in [0.29, 0.717) is 17.1 Å². The topological polar surface area (TPSA) is 64.0 Å². The van der Waals surface area contributed by atoms with Crippen LogP contribution in [0, 0.1) is 12.8 Å². The smallest absolute Gasteiger partial charge is 0.225 e. The first-order valence-electron chi connectivity index (χ1n) is 4.88. The lowest BCUT2D eigenvalue weighted by atomic mass is 10.0. The second-order valence-corrected chi connectivity index (χ2v) is 3.95. The van der Waals surface area contributed by atoms with Gasteiger partial charge in [0.25, 0.3) is 0 Å². The predicted molar refractivity (Wildman–Crippen MR) is 54.7 cm³/mol. The molecule has 1 aliphatic rings. The third-order valence-corrected chi connectivity index (χ3v) is 2.66. The number of aromatic nitrogens is 2. The summed E-state index contributed by atoms with van der Waals surface area (Å²) in [6.45, 7) is 3.54. The van der Waals surface area contributed by atoms with E-state index in [-0.39, 0.29) is 24.0 Å². The number of carbonyl (C=O) groups is 2. The van der Waals surface area contributed by atoms with Crippen molar-refractivity contribution in [1.29, 1.82) is 0 Å². The quantitative estimate of drug-likeness (QED) is 0.687. The predicted octanol–water partition coefficient (Wildman–Crippen LogP) is 0.890. The van der Waals surface area contributed by atoms with Crippen molar-refractivity contribution in [3.05, 3.63) is 11.4 Å². The fourth-order valence-corrected chi connectivity index (χ4v) is 1.89. The van der Waals surface area contributed by atoms with Gasteiger partial charge in [-0.25, -0.2) is 0 Å². The minimum Gasteiger partial charge on any atom is -0.323 e. The number of hydrogen-bond donors (Lipinski definition) is 1. The number of carbonyl (C=O) groups excluding carboxylic acids is 2. The molecule has 1 N–H and O–H groups in total. The monoisotopic (exact) mass is 207 g/mol. The van der Waals surface area contributed by atoms with Crippen LogP contribution in [0.15, 0.2) is 0 Å². The van der Waals surface area contributed by atoms with Crippen molar-refractivity contribution in [2.45, 2.75) is 20.3 Å². The second-order valence-electron chi connectivity index (χ2n) is 3.95. The lowest BCUT2D eigenvalue weighted by Crippen LogP contribution is -2.16. The fourth-order valence-electron chi connectivity index (χ4n) is 1.89. The molecule has 2 heterocycles. The van der Waals surface area contributed by atoms with E-state index in [0.717, 1.165) is 0 Å². The molecule has 1 aromatic heterocycles. The number of anilines is 1. The summed E-state index contributed by atoms with van der Waals surface area (Å²) in [5, 5.41) is 6.86. The number of nitrogens with one attached hydrogen (secondary N) is 1. The van der Waals surface area contributed by atoms with Crippen LogP contribution >= 0.6 is 0 Å². The summed E-state index contributed by atoms with van der Waals surface area (Å²) in [6, 6.07) is 0. The van der Waals surface area contributed by atoms with Gasteiger partial charge in [0, 0.05) is 19.4 Å². The summed E-state index contributed by atoms with van der Waals surface area (Å²) >= 11 is 0. The Labute approximate surface area is 87.5 Å². The van der Waals surface area contributed by atoms with Crippen LogP contribution in [0.1, 0.15) is 29.5 Å². The number of ketones is 1. The Morgan fingerprint density at radius 3 is 2.80 bits per heavy atom. The maximum Gasteiger partial charge on any atom is 0.225 e. The van der Waals surface area contributed by atoms with Gasteiger partial charge >= 0.3 is 0 Å². The molecule has 5 nitrogen and oxygen atoms in total. The van der Waals surface area contributed by atoms with Crippen molar-refractivity contribution < 1.29 is 9.59 Å². The SMILES string of the molecule is Cc1nn(C)c2c1NC(=O)CC(C)C2=O. The lowest BCUT2D eigenvalue weighted by molar-refractivity contribution is -0.116. The van der Waals surface area contributed by atoms with Gasteiger partial charge in [0.15, 0.2) is 5.78 Å². The molecule has 0 radical (unpaired) electrons. The van der Waals surface area contributed by atoms with Crippen LogP contribution in [0.2, 0.25) is 0 Å². The molecule has 15 heavy (non-hydrogen) atoms. The first kappa shape index (κ1) is 9.89. The van der Waals surface area contributed by atoms with Crippen molar-refractivity contribution >= 4 is 17.4 Å². The number of nitrogens with zero attached hydrogens (tertiary/aromatic N) is 2. The highest BCUT2D eigenvalue weighted by molar-refractivity contribution is 6.09. The standard InChI is InChI=1S/C10H13N3O2/c1-5-4-7(14)11-8-6(2)12-13(3)9(8)10(5)15/h5H,4H2,1-3H3,(H,11,14).